The Hall–Kier alpha value is -0.590. The molecule has 1 atom stereocenters. The lowest BCUT2D eigenvalue weighted by Crippen LogP contribution is -2.36. The Morgan fingerprint density at radius 2 is 1.92 bits per heavy atom. The number of hydrogen-bond acceptors (Lipinski definition) is 3. The highest BCUT2D eigenvalue weighted by Crippen LogP contribution is 2.29. The largest absolute Gasteiger partial charge is 0.465 e. The van der Waals surface area contributed by atoms with Crippen LogP contribution >= 0.6 is 15.9 Å². The van der Waals surface area contributed by atoms with E-state index in [2.05, 4.69) is 20.7 Å². The summed E-state index contributed by atoms with van der Waals surface area (Å²) in [5, 5.41) is 0. The molecule has 0 aromatic rings. The zero-order valence-corrected chi connectivity index (χ0v) is 8.11. The van der Waals surface area contributed by atoms with Crippen LogP contribution in [0.1, 0.15) is 6.92 Å². The van der Waals surface area contributed by atoms with Crippen molar-refractivity contribution in [1.29, 1.82) is 0 Å². The summed E-state index contributed by atoms with van der Waals surface area (Å²) in [6.07, 6.45) is -4.91. The number of carbonyl (C=O) groups excluding carboxylic acids is 2. The van der Waals surface area contributed by atoms with Crippen LogP contribution in [0.15, 0.2) is 0 Å². The van der Waals surface area contributed by atoms with E-state index in [4.69, 9.17) is 0 Å². The number of hydrogen-bond donors (Lipinski definition) is 0. The van der Waals surface area contributed by atoms with Crippen LogP contribution in [0.5, 0.6) is 0 Å². The molecule has 0 N–H and O–H groups in total. The SMILES string of the molecule is CCOC(=O)C(C(=O)Br)C(F)(F)F. The molecule has 1 unspecified atom stereocenters. The van der Waals surface area contributed by atoms with Crippen molar-refractivity contribution in [3.05, 3.63) is 0 Å². The molecular formula is C6H6BrF3O3. The van der Waals surface area contributed by atoms with Crippen molar-refractivity contribution in [2.24, 2.45) is 5.92 Å². The Morgan fingerprint density at radius 3 is 2.15 bits per heavy atom. The molecule has 0 aliphatic carbocycles. The maximum atomic E-state index is 12.0. The van der Waals surface area contributed by atoms with Crippen LogP contribution < -0.4 is 0 Å². The smallest absolute Gasteiger partial charge is 0.410 e. The van der Waals surface area contributed by atoms with Gasteiger partial charge in [0.1, 0.15) is 0 Å². The maximum Gasteiger partial charge on any atom is 0.410 e. The quantitative estimate of drug-likeness (QED) is 0.441. The Balaban J connectivity index is 4.63. The molecule has 0 saturated carbocycles. The number of rotatable bonds is 3. The third kappa shape index (κ3) is 3.75. The maximum absolute atomic E-state index is 12.0. The van der Waals surface area contributed by atoms with Gasteiger partial charge in [-0.2, -0.15) is 13.2 Å². The summed E-state index contributed by atoms with van der Waals surface area (Å²) < 4.78 is 38.6. The van der Waals surface area contributed by atoms with E-state index in [0.717, 1.165) is 0 Å². The third-order valence-corrected chi connectivity index (χ3v) is 1.53. The minimum absolute atomic E-state index is 0.203. The van der Waals surface area contributed by atoms with Crippen LogP contribution in [0.3, 0.4) is 0 Å². The highest BCUT2D eigenvalue weighted by Gasteiger charge is 2.50. The predicted octanol–water partition coefficient (Wildman–Crippen LogP) is 1.65. The van der Waals surface area contributed by atoms with E-state index < -0.39 is 22.8 Å². The average Bonchev–Trinajstić information content (AvgIpc) is 1.82. The molecule has 13 heavy (non-hydrogen) atoms. The van der Waals surface area contributed by atoms with Gasteiger partial charge >= 0.3 is 12.1 Å². The summed E-state index contributed by atoms with van der Waals surface area (Å²) in [5.74, 6) is -4.32. The molecule has 0 aliphatic heterocycles. The minimum atomic E-state index is -4.91. The first-order valence-corrected chi connectivity index (χ1v) is 4.02. The lowest BCUT2D eigenvalue weighted by Gasteiger charge is -2.14. The normalized spacial score (nSPS) is 13.6. The van der Waals surface area contributed by atoms with E-state index in [0.29, 0.717) is 0 Å². The lowest BCUT2D eigenvalue weighted by atomic mass is 10.2. The number of ether oxygens (including phenoxy) is 1. The standard InChI is InChI=1S/C6H6BrF3O3/c1-2-13-5(12)3(4(7)11)6(8,9)10/h3H,2H2,1H3. The van der Waals surface area contributed by atoms with E-state index in [1.165, 1.54) is 6.92 Å². The topological polar surface area (TPSA) is 43.4 Å². The second-order valence-electron chi connectivity index (χ2n) is 2.03. The molecule has 0 spiro atoms. The zero-order chi connectivity index (χ0) is 10.6. The van der Waals surface area contributed by atoms with Crippen LogP contribution in [0.4, 0.5) is 13.2 Å². The molecule has 0 heterocycles. The van der Waals surface area contributed by atoms with Gasteiger partial charge in [-0.1, -0.05) is 0 Å². The second kappa shape index (κ2) is 4.59. The Kier molecular flexibility index (Phi) is 4.38. The first kappa shape index (κ1) is 12.4. The van der Waals surface area contributed by atoms with Gasteiger partial charge in [0.05, 0.1) is 6.61 Å². The highest BCUT2D eigenvalue weighted by atomic mass is 79.9. The van der Waals surface area contributed by atoms with E-state index in [-0.39, 0.29) is 6.61 Å². The van der Waals surface area contributed by atoms with Crippen LogP contribution in [0.2, 0.25) is 0 Å². The van der Waals surface area contributed by atoms with E-state index >= 15 is 0 Å². The molecular weight excluding hydrogens is 257 g/mol. The van der Waals surface area contributed by atoms with Gasteiger partial charge in [0.2, 0.25) is 10.6 Å². The molecule has 0 bridgehead atoms. The Morgan fingerprint density at radius 1 is 1.46 bits per heavy atom. The molecule has 0 fully saturated rings. The summed E-state index contributed by atoms with van der Waals surface area (Å²) in [4.78, 5) is 21.0. The fraction of sp³-hybridized carbons (Fsp3) is 0.667. The van der Waals surface area contributed by atoms with Crippen molar-refractivity contribution in [3.8, 4) is 0 Å². The average molecular weight is 263 g/mol. The Bertz CT molecular complexity index is 214. The molecule has 76 valence electrons. The third-order valence-electron chi connectivity index (χ3n) is 1.08. The van der Waals surface area contributed by atoms with Gasteiger partial charge in [-0.25, -0.2) is 0 Å². The summed E-state index contributed by atoms with van der Waals surface area (Å²) in [5.41, 5.74) is 0. The molecule has 3 nitrogen and oxygen atoms in total. The number of alkyl halides is 3. The predicted molar refractivity (Wildman–Crippen MR) is 40.1 cm³/mol. The Labute approximate surface area is 80.4 Å². The van der Waals surface area contributed by atoms with Crippen molar-refractivity contribution in [3.63, 3.8) is 0 Å². The number of esters is 1. The molecule has 0 rings (SSSR count). The molecule has 7 heteroatoms. The first-order valence-electron chi connectivity index (χ1n) is 3.23. The summed E-state index contributed by atoms with van der Waals surface area (Å²) in [7, 11) is 0. The minimum Gasteiger partial charge on any atom is -0.465 e. The second-order valence-corrected chi connectivity index (χ2v) is 2.81. The first-order chi connectivity index (χ1) is 5.80. The summed E-state index contributed by atoms with van der Waals surface area (Å²) >= 11 is 2.09. The van der Waals surface area contributed by atoms with E-state index in [1.54, 1.807) is 0 Å². The van der Waals surface area contributed by atoms with Crippen LogP contribution in [0.25, 0.3) is 0 Å². The molecule has 0 saturated heterocycles. The fourth-order valence-corrected chi connectivity index (χ4v) is 1.03. The van der Waals surface area contributed by atoms with Crippen molar-refractivity contribution in [2.75, 3.05) is 6.61 Å². The molecule has 0 aromatic heterocycles. The van der Waals surface area contributed by atoms with Crippen molar-refractivity contribution in [2.45, 2.75) is 13.1 Å². The van der Waals surface area contributed by atoms with E-state index in [1.807, 2.05) is 0 Å². The van der Waals surface area contributed by atoms with Crippen LogP contribution in [-0.4, -0.2) is 23.4 Å². The van der Waals surface area contributed by atoms with Gasteiger partial charge in [-0.3, -0.25) is 9.59 Å². The molecule has 0 amide bonds. The summed E-state index contributed by atoms with van der Waals surface area (Å²) in [6.45, 7) is 1.15. The van der Waals surface area contributed by atoms with Gasteiger partial charge in [-0.05, 0) is 22.9 Å². The van der Waals surface area contributed by atoms with Crippen molar-refractivity contribution in [1.82, 2.24) is 0 Å². The zero-order valence-electron chi connectivity index (χ0n) is 6.52. The van der Waals surface area contributed by atoms with Crippen molar-refractivity contribution < 1.29 is 27.5 Å². The van der Waals surface area contributed by atoms with Crippen LogP contribution in [-0.2, 0) is 14.3 Å². The van der Waals surface area contributed by atoms with E-state index in [9.17, 15) is 22.8 Å². The van der Waals surface area contributed by atoms with Gasteiger partial charge in [-0.15, -0.1) is 0 Å². The fourth-order valence-electron chi connectivity index (χ4n) is 0.581. The lowest BCUT2D eigenvalue weighted by molar-refractivity contribution is -0.194. The highest BCUT2D eigenvalue weighted by molar-refractivity contribution is 9.18. The summed E-state index contributed by atoms with van der Waals surface area (Å²) in [6, 6.07) is 0. The molecule has 0 aliphatic rings. The van der Waals surface area contributed by atoms with Gasteiger partial charge in [0, 0.05) is 0 Å². The van der Waals surface area contributed by atoms with Crippen LogP contribution in [0, 0.1) is 5.92 Å². The van der Waals surface area contributed by atoms with Gasteiger partial charge < -0.3 is 4.74 Å². The monoisotopic (exact) mass is 262 g/mol. The number of carbonyl (C=O) groups is 2. The molecule has 0 radical (unpaired) electrons. The molecule has 0 aromatic carbocycles. The van der Waals surface area contributed by atoms with Gasteiger partial charge in [0.15, 0.2) is 0 Å². The number of halogens is 4. The van der Waals surface area contributed by atoms with Crippen molar-refractivity contribution >= 4 is 26.6 Å². The van der Waals surface area contributed by atoms with Gasteiger partial charge in [0.25, 0.3) is 0 Å².